The van der Waals surface area contributed by atoms with Crippen LogP contribution in [0.15, 0.2) is 81.5 Å². The minimum atomic E-state index is -0.288. The van der Waals surface area contributed by atoms with Crippen LogP contribution in [0, 0.1) is 6.92 Å². The van der Waals surface area contributed by atoms with Gasteiger partial charge < -0.3 is 19.4 Å². The van der Waals surface area contributed by atoms with Crippen molar-refractivity contribution in [3.8, 4) is 11.5 Å². The second kappa shape index (κ2) is 13.4. The molecule has 0 aliphatic carbocycles. The maximum atomic E-state index is 13.5. The fourth-order valence-electron chi connectivity index (χ4n) is 4.66. The van der Waals surface area contributed by atoms with E-state index in [-0.39, 0.29) is 30.2 Å². The Bertz CT molecular complexity index is 1660. The number of hydrazone groups is 1. The van der Waals surface area contributed by atoms with Crippen molar-refractivity contribution in [2.24, 2.45) is 12.1 Å². The standard InChI is InChI=1S/C31H31BrN6O4S/c1-19-5-7-21(8-6-19)25-16-24(20-9-12-23(32)13-10-20)36-38(25)29(39)18-43-31-35-34-28(37(31)2)17-33-30(40)22-11-14-26(41-3)27(15-22)42-4/h5-15,25H,16-18H2,1-4H3,(H,33,40)/t25-/m0/s1. The summed E-state index contributed by atoms with van der Waals surface area (Å²) in [6.45, 7) is 2.20. The highest BCUT2D eigenvalue weighted by molar-refractivity contribution is 9.10. The van der Waals surface area contributed by atoms with Gasteiger partial charge in [-0.05, 0) is 48.4 Å². The van der Waals surface area contributed by atoms with E-state index in [9.17, 15) is 9.59 Å². The zero-order valence-corrected chi connectivity index (χ0v) is 26.6. The van der Waals surface area contributed by atoms with Gasteiger partial charge in [-0.3, -0.25) is 9.59 Å². The van der Waals surface area contributed by atoms with Crippen LogP contribution in [0.25, 0.3) is 0 Å². The average molecular weight is 664 g/mol. The molecule has 1 aliphatic heterocycles. The summed E-state index contributed by atoms with van der Waals surface area (Å²) in [6, 6.07) is 20.9. The van der Waals surface area contributed by atoms with Crippen LogP contribution in [-0.4, -0.2) is 57.3 Å². The van der Waals surface area contributed by atoms with Crippen LogP contribution in [0.5, 0.6) is 11.5 Å². The summed E-state index contributed by atoms with van der Waals surface area (Å²) in [5, 5.41) is 18.3. The number of nitrogens with zero attached hydrogens (tertiary/aromatic N) is 5. The number of benzene rings is 3. The molecular formula is C31H31BrN6O4S. The van der Waals surface area contributed by atoms with Gasteiger partial charge in [0.15, 0.2) is 22.5 Å². The summed E-state index contributed by atoms with van der Waals surface area (Å²) < 4.78 is 13.3. The molecular weight excluding hydrogens is 632 g/mol. The third-order valence-corrected chi connectivity index (χ3v) is 8.64. The van der Waals surface area contributed by atoms with E-state index in [1.165, 1.54) is 26.0 Å². The largest absolute Gasteiger partial charge is 0.493 e. The van der Waals surface area contributed by atoms with Crippen molar-refractivity contribution in [1.82, 2.24) is 25.1 Å². The van der Waals surface area contributed by atoms with Gasteiger partial charge in [0.2, 0.25) is 0 Å². The van der Waals surface area contributed by atoms with Gasteiger partial charge in [0.25, 0.3) is 11.8 Å². The van der Waals surface area contributed by atoms with Gasteiger partial charge in [0.05, 0.1) is 38.3 Å². The second-order valence-electron chi connectivity index (χ2n) is 9.92. The summed E-state index contributed by atoms with van der Waals surface area (Å²) >= 11 is 4.76. The third kappa shape index (κ3) is 6.91. The van der Waals surface area contributed by atoms with E-state index in [4.69, 9.17) is 14.6 Å². The molecule has 43 heavy (non-hydrogen) atoms. The SMILES string of the molecule is COc1ccc(C(=O)NCc2nnc(SCC(=O)N3N=C(c4ccc(Br)cc4)C[C@H]3c3ccc(C)cc3)n2C)cc1OC. The molecule has 3 aromatic carbocycles. The van der Waals surface area contributed by atoms with Crippen LogP contribution in [0.1, 0.15) is 45.3 Å². The number of halogens is 1. The lowest BCUT2D eigenvalue weighted by Gasteiger charge is -2.22. The minimum Gasteiger partial charge on any atom is -0.493 e. The van der Waals surface area contributed by atoms with Crippen molar-refractivity contribution in [2.75, 3.05) is 20.0 Å². The molecule has 0 spiro atoms. The number of thioether (sulfide) groups is 1. The lowest BCUT2D eigenvalue weighted by atomic mass is 9.98. The number of aromatic nitrogens is 3. The summed E-state index contributed by atoms with van der Waals surface area (Å²) in [6.07, 6.45) is 0.620. The van der Waals surface area contributed by atoms with Gasteiger partial charge in [0.1, 0.15) is 0 Å². The highest BCUT2D eigenvalue weighted by Crippen LogP contribution is 2.34. The Morgan fingerprint density at radius 1 is 1.00 bits per heavy atom. The molecule has 1 N–H and O–H groups in total. The quantitative estimate of drug-likeness (QED) is 0.229. The number of carbonyl (C=O) groups is 2. The maximum Gasteiger partial charge on any atom is 0.253 e. The van der Waals surface area contributed by atoms with Crippen molar-refractivity contribution in [3.63, 3.8) is 0 Å². The molecule has 12 heteroatoms. The zero-order valence-electron chi connectivity index (χ0n) is 24.2. The minimum absolute atomic E-state index is 0.128. The Hall–Kier alpha value is -4.16. The van der Waals surface area contributed by atoms with E-state index in [2.05, 4.69) is 55.7 Å². The molecule has 222 valence electrons. The van der Waals surface area contributed by atoms with Gasteiger partial charge in [-0.15, -0.1) is 10.2 Å². The van der Waals surface area contributed by atoms with E-state index < -0.39 is 0 Å². The highest BCUT2D eigenvalue weighted by Gasteiger charge is 2.33. The second-order valence-corrected chi connectivity index (χ2v) is 11.8. The van der Waals surface area contributed by atoms with Crippen molar-refractivity contribution in [3.05, 3.63) is 99.3 Å². The Labute approximate surface area is 262 Å². The van der Waals surface area contributed by atoms with Gasteiger partial charge in [0, 0.05) is 23.5 Å². The van der Waals surface area contributed by atoms with E-state index in [0.29, 0.717) is 34.5 Å². The predicted molar refractivity (Wildman–Crippen MR) is 169 cm³/mol. The molecule has 1 aliphatic rings. The first kappa shape index (κ1) is 30.3. The third-order valence-electron chi connectivity index (χ3n) is 7.11. The van der Waals surface area contributed by atoms with E-state index >= 15 is 0 Å². The predicted octanol–water partition coefficient (Wildman–Crippen LogP) is 5.30. The maximum absolute atomic E-state index is 13.5. The topological polar surface area (TPSA) is 111 Å². The van der Waals surface area contributed by atoms with Crippen LogP contribution in [0.4, 0.5) is 0 Å². The Morgan fingerprint density at radius 3 is 2.42 bits per heavy atom. The fourth-order valence-corrected chi connectivity index (χ4v) is 5.71. The summed E-state index contributed by atoms with van der Waals surface area (Å²) in [5.74, 6) is 1.27. The molecule has 4 aromatic rings. The highest BCUT2D eigenvalue weighted by atomic mass is 79.9. The number of ether oxygens (including phenoxy) is 2. The number of hydrogen-bond acceptors (Lipinski definition) is 8. The van der Waals surface area contributed by atoms with Crippen LogP contribution in [0.3, 0.4) is 0 Å². The monoisotopic (exact) mass is 662 g/mol. The molecule has 2 amide bonds. The average Bonchev–Trinajstić information content (AvgIpc) is 3.62. The number of hydrogen-bond donors (Lipinski definition) is 1. The lowest BCUT2D eigenvalue weighted by molar-refractivity contribution is -0.130. The smallest absolute Gasteiger partial charge is 0.253 e. The van der Waals surface area contributed by atoms with Gasteiger partial charge in [-0.1, -0.05) is 69.7 Å². The number of carbonyl (C=O) groups excluding carboxylic acids is 2. The summed E-state index contributed by atoms with van der Waals surface area (Å²) in [5.41, 5.74) is 4.46. The van der Waals surface area contributed by atoms with Crippen LogP contribution < -0.4 is 14.8 Å². The fraction of sp³-hybridized carbons (Fsp3) is 0.258. The Morgan fingerprint density at radius 2 is 1.72 bits per heavy atom. The normalized spacial score (nSPS) is 14.4. The molecule has 0 bridgehead atoms. The van der Waals surface area contributed by atoms with Gasteiger partial charge >= 0.3 is 0 Å². The molecule has 10 nitrogen and oxygen atoms in total. The molecule has 0 fully saturated rings. The number of aryl methyl sites for hydroxylation is 1. The van der Waals surface area contributed by atoms with Crippen LogP contribution in [-0.2, 0) is 18.4 Å². The van der Waals surface area contributed by atoms with E-state index in [0.717, 1.165) is 26.9 Å². The number of nitrogens with one attached hydrogen (secondary N) is 1. The van der Waals surface area contributed by atoms with Crippen LogP contribution in [0.2, 0.25) is 0 Å². The first-order valence-electron chi connectivity index (χ1n) is 13.5. The molecule has 0 saturated heterocycles. The van der Waals surface area contributed by atoms with E-state index in [1.807, 2.05) is 31.2 Å². The van der Waals surface area contributed by atoms with Gasteiger partial charge in [-0.25, -0.2) is 5.01 Å². The first-order chi connectivity index (χ1) is 20.8. The Kier molecular flexibility index (Phi) is 9.46. The van der Waals surface area contributed by atoms with Crippen molar-refractivity contribution in [2.45, 2.75) is 31.1 Å². The van der Waals surface area contributed by atoms with Crippen molar-refractivity contribution < 1.29 is 19.1 Å². The van der Waals surface area contributed by atoms with Crippen LogP contribution >= 0.6 is 27.7 Å². The molecule has 0 unspecified atom stereocenters. The molecule has 1 atom stereocenters. The van der Waals surface area contributed by atoms with Crippen molar-refractivity contribution >= 4 is 45.2 Å². The first-order valence-corrected chi connectivity index (χ1v) is 15.3. The molecule has 0 radical (unpaired) electrons. The molecule has 0 saturated carbocycles. The number of methoxy groups -OCH3 is 2. The Balaban J connectivity index is 1.25. The lowest BCUT2D eigenvalue weighted by Crippen LogP contribution is -2.28. The summed E-state index contributed by atoms with van der Waals surface area (Å²) in [4.78, 5) is 26.3. The number of amides is 2. The molecule has 1 aromatic heterocycles. The van der Waals surface area contributed by atoms with E-state index in [1.54, 1.807) is 34.8 Å². The van der Waals surface area contributed by atoms with Crippen molar-refractivity contribution in [1.29, 1.82) is 0 Å². The zero-order chi connectivity index (χ0) is 30.5. The number of rotatable bonds is 10. The van der Waals surface area contributed by atoms with Gasteiger partial charge in [-0.2, -0.15) is 5.10 Å². The summed E-state index contributed by atoms with van der Waals surface area (Å²) in [7, 11) is 4.86. The molecule has 2 heterocycles. The molecule has 5 rings (SSSR count).